The van der Waals surface area contributed by atoms with Crippen LogP contribution in [-0.2, 0) is 9.53 Å². The predicted molar refractivity (Wildman–Crippen MR) is 58.9 cm³/mol. The number of hydrogen-bond donors (Lipinski definition) is 1. The van der Waals surface area contributed by atoms with Crippen molar-refractivity contribution < 1.29 is 14.3 Å². The van der Waals surface area contributed by atoms with E-state index in [1.807, 2.05) is 0 Å². The second-order valence-corrected chi connectivity index (χ2v) is 5.04. The van der Waals surface area contributed by atoms with E-state index in [1.54, 1.807) is 34.6 Å². The molecule has 0 rings (SSSR count). The summed E-state index contributed by atoms with van der Waals surface area (Å²) in [6.45, 7) is 8.84. The maximum Gasteiger partial charge on any atom is 0.408 e. The number of ether oxygens (including phenoxy) is 1. The molecule has 0 radical (unpaired) electrons. The Morgan fingerprint density at radius 2 is 1.73 bits per heavy atom. The molecule has 0 spiro atoms. The van der Waals surface area contributed by atoms with Crippen LogP contribution in [0.2, 0.25) is 0 Å². The lowest BCUT2D eigenvalue weighted by molar-refractivity contribution is -0.114. The normalized spacial score (nSPS) is 13.5. The van der Waals surface area contributed by atoms with Gasteiger partial charge in [0.1, 0.15) is 11.6 Å². The van der Waals surface area contributed by atoms with Gasteiger partial charge in [-0.2, -0.15) is 0 Å². The monoisotopic (exact) mass is 235 g/mol. The molecule has 0 aliphatic heterocycles. The van der Waals surface area contributed by atoms with E-state index in [4.69, 9.17) is 16.3 Å². The average Bonchev–Trinajstić information content (AvgIpc) is 1.95. The molecule has 0 saturated heterocycles. The van der Waals surface area contributed by atoms with Crippen molar-refractivity contribution in [2.75, 3.05) is 0 Å². The maximum absolute atomic E-state index is 11.3. The first-order valence-corrected chi connectivity index (χ1v) is 5.20. The summed E-state index contributed by atoms with van der Waals surface area (Å²) in [6, 6.07) is -0.707. The molecule has 5 heteroatoms. The van der Waals surface area contributed by atoms with Crippen molar-refractivity contribution in [1.82, 2.24) is 5.32 Å². The lowest BCUT2D eigenvalue weighted by Gasteiger charge is -2.23. The quantitative estimate of drug-likeness (QED) is 0.764. The third kappa shape index (κ3) is 6.33. The highest BCUT2D eigenvalue weighted by Crippen LogP contribution is 2.09. The molecule has 0 aromatic heterocycles. The van der Waals surface area contributed by atoms with E-state index in [0.717, 1.165) is 0 Å². The van der Waals surface area contributed by atoms with Crippen LogP contribution in [0.3, 0.4) is 0 Å². The number of amides is 1. The molecule has 0 aromatic carbocycles. The second kappa shape index (κ2) is 5.35. The van der Waals surface area contributed by atoms with Crippen LogP contribution in [-0.4, -0.2) is 23.0 Å². The van der Waals surface area contributed by atoms with E-state index in [2.05, 4.69) is 5.32 Å². The van der Waals surface area contributed by atoms with Gasteiger partial charge in [0.15, 0.2) is 0 Å². The highest BCUT2D eigenvalue weighted by Gasteiger charge is 2.25. The Kier molecular flexibility index (Phi) is 5.08. The Balaban J connectivity index is 4.31. The second-order valence-electron chi connectivity index (χ2n) is 4.67. The molecule has 1 atom stereocenters. The Labute approximate surface area is 95.3 Å². The summed E-state index contributed by atoms with van der Waals surface area (Å²) in [5.41, 5.74) is -0.582. The number of carbonyl (C=O) groups excluding carboxylic acids is 2. The molecule has 0 unspecified atom stereocenters. The summed E-state index contributed by atoms with van der Waals surface area (Å²) in [7, 11) is 0. The summed E-state index contributed by atoms with van der Waals surface area (Å²) < 4.78 is 5.01. The molecule has 1 amide bonds. The van der Waals surface area contributed by atoms with Gasteiger partial charge >= 0.3 is 6.09 Å². The first-order valence-electron chi connectivity index (χ1n) is 4.82. The summed E-state index contributed by atoms with van der Waals surface area (Å²) in [5.74, 6) is -0.0671. The van der Waals surface area contributed by atoms with E-state index < -0.39 is 23.0 Å². The lowest BCUT2D eigenvalue weighted by Crippen LogP contribution is -2.44. The van der Waals surface area contributed by atoms with Crippen LogP contribution in [0.5, 0.6) is 0 Å². The third-order valence-corrected chi connectivity index (χ3v) is 1.82. The van der Waals surface area contributed by atoms with Gasteiger partial charge in [-0.05, 0) is 38.3 Å². The number of halogens is 1. The smallest absolute Gasteiger partial charge is 0.408 e. The van der Waals surface area contributed by atoms with Crippen molar-refractivity contribution >= 4 is 22.9 Å². The number of nitrogens with one attached hydrogen (secondary N) is 1. The van der Waals surface area contributed by atoms with Crippen molar-refractivity contribution in [3.63, 3.8) is 0 Å². The van der Waals surface area contributed by atoms with Gasteiger partial charge in [-0.1, -0.05) is 13.8 Å². The Bertz CT molecular complexity index is 246. The SMILES string of the molecule is CC(C)[C@@H](NC(=O)OC(C)(C)C)C(=O)Cl. The molecule has 88 valence electrons. The Morgan fingerprint density at radius 3 is 2.00 bits per heavy atom. The van der Waals surface area contributed by atoms with Crippen molar-refractivity contribution in [3.8, 4) is 0 Å². The number of rotatable bonds is 3. The fourth-order valence-corrected chi connectivity index (χ4v) is 1.23. The maximum atomic E-state index is 11.3. The van der Waals surface area contributed by atoms with Crippen molar-refractivity contribution in [2.45, 2.75) is 46.3 Å². The van der Waals surface area contributed by atoms with E-state index >= 15 is 0 Å². The zero-order valence-corrected chi connectivity index (χ0v) is 10.5. The summed E-state index contributed by atoms with van der Waals surface area (Å²) >= 11 is 5.34. The van der Waals surface area contributed by atoms with Crippen molar-refractivity contribution in [1.29, 1.82) is 0 Å². The summed E-state index contributed by atoms with van der Waals surface area (Å²) in [4.78, 5) is 22.3. The molecule has 0 aliphatic rings. The third-order valence-electron chi connectivity index (χ3n) is 1.58. The van der Waals surface area contributed by atoms with Gasteiger partial charge in [0, 0.05) is 0 Å². The fraction of sp³-hybridized carbons (Fsp3) is 0.800. The van der Waals surface area contributed by atoms with Crippen LogP contribution in [0.25, 0.3) is 0 Å². The largest absolute Gasteiger partial charge is 0.444 e. The minimum atomic E-state index is -0.707. The van der Waals surface area contributed by atoms with Gasteiger partial charge in [-0.25, -0.2) is 4.79 Å². The molecule has 0 heterocycles. The zero-order chi connectivity index (χ0) is 12.2. The predicted octanol–water partition coefficient (Wildman–Crippen LogP) is 2.30. The van der Waals surface area contributed by atoms with E-state index in [9.17, 15) is 9.59 Å². The Hall–Kier alpha value is -0.770. The van der Waals surface area contributed by atoms with Gasteiger partial charge in [0.2, 0.25) is 5.24 Å². The van der Waals surface area contributed by atoms with Crippen LogP contribution >= 0.6 is 11.6 Å². The van der Waals surface area contributed by atoms with Crippen LogP contribution in [0.4, 0.5) is 4.79 Å². The number of hydrogen-bond acceptors (Lipinski definition) is 3. The van der Waals surface area contributed by atoms with Crippen LogP contribution in [0.15, 0.2) is 0 Å². The van der Waals surface area contributed by atoms with E-state index in [1.165, 1.54) is 0 Å². The van der Waals surface area contributed by atoms with E-state index in [-0.39, 0.29) is 5.92 Å². The molecule has 1 N–H and O–H groups in total. The lowest BCUT2D eigenvalue weighted by atomic mass is 10.1. The molecule has 4 nitrogen and oxygen atoms in total. The fourth-order valence-electron chi connectivity index (χ4n) is 0.920. The van der Waals surface area contributed by atoms with Crippen LogP contribution in [0, 0.1) is 5.92 Å². The first-order chi connectivity index (χ1) is 6.63. The van der Waals surface area contributed by atoms with Crippen LogP contribution < -0.4 is 5.32 Å². The van der Waals surface area contributed by atoms with Crippen molar-refractivity contribution in [3.05, 3.63) is 0 Å². The molecule has 0 bridgehead atoms. The number of alkyl carbamates (subject to hydrolysis) is 1. The van der Waals surface area contributed by atoms with Gasteiger partial charge in [0.25, 0.3) is 0 Å². The standard InChI is InChI=1S/C10H18ClNO3/c1-6(2)7(8(11)13)12-9(14)15-10(3,4)5/h6-7H,1-5H3,(H,12,14)/t7-/m1/s1. The van der Waals surface area contributed by atoms with E-state index in [0.29, 0.717) is 0 Å². The van der Waals surface area contributed by atoms with Crippen molar-refractivity contribution in [2.24, 2.45) is 5.92 Å². The van der Waals surface area contributed by atoms with Gasteiger partial charge in [-0.3, -0.25) is 4.79 Å². The molecule has 0 fully saturated rings. The molecule has 0 aliphatic carbocycles. The highest BCUT2D eigenvalue weighted by molar-refractivity contribution is 6.64. The molecule has 15 heavy (non-hydrogen) atoms. The van der Waals surface area contributed by atoms with Gasteiger partial charge < -0.3 is 10.1 Å². The average molecular weight is 236 g/mol. The molecular formula is C10H18ClNO3. The molecule has 0 aromatic rings. The minimum absolute atomic E-state index is 0.0671. The zero-order valence-electron chi connectivity index (χ0n) is 9.76. The highest BCUT2D eigenvalue weighted by atomic mass is 35.5. The van der Waals surface area contributed by atoms with Crippen LogP contribution in [0.1, 0.15) is 34.6 Å². The summed E-state index contributed by atoms with van der Waals surface area (Å²) in [5, 5.41) is 1.84. The van der Waals surface area contributed by atoms with Gasteiger partial charge in [0.05, 0.1) is 0 Å². The topological polar surface area (TPSA) is 55.4 Å². The summed E-state index contributed by atoms with van der Waals surface area (Å²) in [6.07, 6.45) is -0.629. The molecular weight excluding hydrogens is 218 g/mol. The first kappa shape index (κ1) is 14.2. The minimum Gasteiger partial charge on any atom is -0.444 e. The Morgan fingerprint density at radius 1 is 1.27 bits per heavy atom. The van der Waals surface area contributed by atoms with Gasteiger partial charge in [-0.15, -0.1) is 0 Å². The molecule has 0 saturated carbocycles. The number of carbonyl (C=O) groups is 2.